The summed E-state index contributed by atoms with van der Waals surface area (Å²) in [5.41, 5.74) is 0.839. The minimum Gasteiger partial charge on any atom is -0.481 e. The third-order valence-corrected chi connectivity index (χ3v) is 4.00. The van der Waals surface area contributed by atoms with Gasteiger partial charge in [-0.2, -0.15) is 0 Å². The van der Waals surface area contributed by atoms with Crippen LogP contribution in [0.2, 0.25) is 0 Å². The summed E-state index contributed by atoms with van der Waals surface area (Å²) in [6.45, 7) is 9.83. The van der Waals surface area contributed by atoms with E-state index in [-0.39, 0.29) is 5.41 Å². The summed E-state index contributed by atoms with van der Waals surface area (Å²) in [5, 5.41) is 9.95. The molecule has 84 valence electrons. The normalized spacial score (nSPS) is 13.9. The third kappa shape index (κ3) is 2.56. The lowest BCUT2D eigenvalue weighted by Crippen LogP contribution is -2.10. The van der Waals surface area contributed by atoms with E-state index in [9.17, 15) is 4.79 Å². The van der Waals surface area contributed by atoms with Crippen molar-refractivity contribution in [1.29, 1.82) is 0 Å². The average molecular weight is 227 g/mol. The largest absolute Gasteiger partial charge is 0.481 e. The van der Waals surface area contributed by atoms with Gasteiger partial charge in [-0.3, -0.25) is 4.79 Å². The van der Waals surface area contributed by atoms with Gasteiger partial charge in [0.15, 0.2) is 0 Å². The molecule has 1 atom stereocenters. The van der Waals surface area contributed by atoms with E-state index in [1.807, 2.05) is 6.92 Å². The van der Waals surface area contributed by atoms with E-state index >= 15 is 0 Å². The molecule has 15 heavy (non-hydrogen) atoms. The van der Waals surface area contributed by atoms with Gasteiger partial charge in [0, 0.05) is 10.3 Å². The molecule has 1 heterocycles. The fourth-order valence-electron chi connectivity index (χ4n) is 1.24. The maximum absolute atomic E-state index is 10.9. The maximum atomic E-state index is 10.9. The topological polar surface area (TPSA) is 50.2 Å². The third-order valence-electron chi connectivity index (χ3n) is 2.24. The zero-order chi connectivity index (χ0) is 11.8. The predicted molar refractivity (Wildman–Crippen MR) is 61.6 cm³/mol. The molecule has 3 nitrogen and oxygen atoms in total. The molecule has 4 heteroatoms. The summed E-state index contributed by atoms with van der Waals surface area (Å²) in [6.07, 6.45) is 0. The number of rotatable bonds is 2. The number of carbonyl (C=O) groups is 1. The molecule has 0 spiro atoms. The van der Waals surface area contributed by atoms with E-state index in [4.69, 9.17) is 5.11 Å². The number of carboxylic acids is 1. The highest BCUT2D eigenvalue weighted by atomic mass is 32.1. The van der Waals surface area contributed by atoms with E-state index in [0.717, 1.165) is 15.6 Å². The minimum atomic E-state index is -0.790. The van der Waals surface area contributed by atoms with E-state index in [1.165, 1.54) is 11.3 Å². The highest BCUT2D eigenvalue weighted by Gasteiger charge is 2.24. The molecule has 1 aromatic heterocycles. The van der Waals surface area contributed by atoms with E-state index in [0.29, 0.717) is 0 Å². The second-order valence-electron chi connectivity index (χ2n) is 4.78. The van der Waals surface area contributed by atoms with Gasteiger partial charge in [-0.1, -0.05) is 20.8 Å². The quantitative estimate of drug-likeness (QED) is 0.845. The molecule has 0 saturated carbocycles. The molecule has 1 unspecified atom stereocenters. The first-order chi connectivity index (χ1) is 6.73. The molecule has 0 aliphatic heterocycles. The van der Waals surface area contributed by atoms with Crippen LogP contribution < -0.4 is 0 Å². The average Bonchev–Trinajstić information content (AvgIpc) is 2.45. The number of nitrogens with zero attached hydrogens (tertiary/aromatic N) is 1. The summed E-state index contributed by atoms with van der Waals surface area (Å²) >= 11 is 1.51. The van der Waals surface area contributed by atoms with Gasteiger partial charge in [-0.05, 0) is 13.8 Å². The van der Waals surface area contributed by atoms with Gasteiger partial charge in [0.25, 0.3) is 0 Å². The number of aryl methyl sites for hydroxylation is 1. The van der Waals surface area contributed by atoms with Crippen molar-refractivity contribution >= 4 is 17.3 Å². The summed E-state index contributed by atoms with van der Waals surface area (Å²) in [5.74, 6) is -1.25. The second-order valence-corrected chi connectivity index (χ2v) is 5.81. The number of aromatic nitrogens is 1. The van der Waals surface area contributed by atoms with Crippen LogP contribution in [-0.4, -0.2) is 16.1 Å². The number of hydrogen-bond acceptors (Lipinski definition) is 3. The Hall–Kier alpha value is -0.900. The van der Waals surface area contributed by atoms with Crippen molar-refractivity contribution in [2.75, 3.05) is 0 Å². The number of carboxylic acid groups (broad SMARTS) is 1. The summed E-state index contributed by atoms with van der Waals surface area (Å²) in [4.78, 5) is 16.2. The van der Waals surface area contributed by atoms with Gasteiger partial charge in [0.2, 0.25) is 0 Å². The SMILES string of the molecule is Cc1nc(C(C)(C)C)sc1C(C)C(=O)O. The molecule has 0 amide bonds. The van der Waals surface area contributed by atoms with Crippen LogP contribution in [0, 0.1) is 6.92 Å². The first-order valence-corrected chi connectivity index (χ1v) is 5.75. The Balaban J connectivity index is 3.12. The van der Waals surface area contributed by atoms with Crippen molar-refractivity contribution in [2.45, 2.75) is 46.0 Å². The van der Waals surface area contributed by atoms with Crippen LogP contribution in [0.5, 0.6) is 0 Å². The van der Waals surface area contributed by atoms with Gasteiger partial charge in [0.1, 0.15) is 0 Å². The van der Waals surface area contributed by atoms with E-state index < -0.39 is 11.9 Å². The van der Waals surface area contributed by atoms with Gasteiger partial charge in [-0.15, -0.1) is 11.3 Å². The fourth-order valence-corrected chi connectivity index (χ4v) is 2.41. The number of aliphatic carboxylic acids is 1. The molecule has 0 bridgehead atoms. The molecule has 0 aliphatic rings. The lowest BCUT2D eigenvalue weighted by Gasteiger charge is -2.13. The summed E-state index contributed by atoms with van der Waals surface area (Å²) in [7, 11) is 0. The van der Waals surface area contributed by atoms with Gasteiger partial charge in [0.05, 0.1) is 16.6 Å². The maximum Gasteiger partial charge on any atom is 0.311 e. The van der Waals surface area contributed by atoms with Crippen LogP contribution in [0.3, 0.4) is 0 Å². The van der Waals surface area contributed by atoms with Gasteiger partial charge in [-0.25, -0.2) is 4.98 Å². The Morgan fingerprint density at radius 2 is 2.00 bits per heavy atom. The van der Waals surface area contributed by atoms with Crippen molar-refractivity contribution in [3.8, 4) is 0 Å². The summed E-state index contributed by atoms with van der Waals surface area (Å²) < 4.78 is 0. The number of hydrogen-bond donors (Lipinski definition) is 1. The van der Waals surface area contributed by atoms with Crippen LogP contribution in [-0.2, 0) is 10.2 Å². The highest BCUT2D eigenvalue weighted by molar-refractivity contribution is 7.12. The van der Waals surface area contributed by atoms with Crippen LogP contribution in [0.4, 0.5) is 0 Å². The van der Waals surface area contributed by atoms with Crippen molar-refractivity contribution in [1.82, 2.24) is 4.98 Å². The Labute approximate surface area is 94.2 Å². The fraction of sp³-hybridized carbons (Fsp3) is 0.636. The Bertz CT molecular complexity index is 376. The predicted octanol–water partition coefficient (Wildman–Crippen LogP) is 2.94. The molecule has 0 saturated heterocycles. The lowest BCUT2D eigenvalue weighted by atomic mass is 9.98. The lowest BCUT2D eigenvalue weighted by molar-refractivity contribution is -0.138. The van der Waals surface area contributed by atoms with Crippen molar-refractivity contribution in [2.24, 2.45) is 0 Å². The van der Waals surface area contributed by atoms with Crippen molar-refractivity contribution < 1.29 is 9.90 Å². The van der Waals surface area contributed by atoms with Gasteiger partial charge >= 0.3 is 5.97 Å². The monoisotopic (exact) mass is 227 g/mol. The molecule has 0 fully saturated rings. The Kier molecular flexibility index (Phi) is 3.19. The van der Waals surface area contributed by atoms with E-state index in [2.05, 4.69) is 25.8 Å². The van der Waals surface area contributed by atoms with Crippen LogP contribution in [0.15, 0.2) is 0 Å². The van der Waals surface area contributed by atoms with Crippen molar-refractivity contribution in [3.63, 3.8) is 0 Å². The molecule has 1 N–H and O–H groups in total. The first-order valence-electron chi connectivity index (χ1n) is 4.94. The smallest absolute Gasteiger partial charge is 0.311 e. The zero-order valence-electron chi connectivity index (χ0n) is 9.79. The van der Waals surface area contributed by atoms with Crippen LogP contribution >= 0.6 is 11.3 Å². The van der Waals surface area contributed by atoms with Crippen LogP contribution in [0.25, 0.3) is 0 Å². The second kappa shape index (κ2) is 3.93. The molecule has 1 aromatic rings. The van der Waals surface area contributed by atoms with Crippen molar-refractivity contribution in [3.05, 3.63) is 15.6 Å². The molecule has 1 rings (SSSR count). The number of thiazole rings is 1. The molecule has 0 aromatic carbocycles. The molecule has 0 aliphatic carbocycles. The molecular weight excluding hydrogens is 210 g/mol. The summed E-state index contributed by atoms with van der Waals surface area (Å²) in [6, 6.07) is 0. The van der Waals surface area contributed by atoms with Gasteiger partial charge < -0.3 is 5.11 Å². The van der Waals surface area contributed by atoms with Crippen LogP contribution in [0.1, 0.15) is 49.2 Å². The zero-order valence-corrected chi connectivity index (χ0v) is 10.6. The highest BCUT2D eigenvalue weighted by Crippen LogP contribution is 2.33. The molecular formula is C11H17NO2S. The standard InChI is InChI=1S/C11H17NO2S/c1-6(9(13)14)8-7(2)12-10(15-8)11(3,4)5/h6H,1-5H3,(H,13,14). The minimum absolute atomic E-state index is 0.00804. The molecule has 0 radical (unpaired) electrons. The Morgan fingerprint density at radius 1 is 1.47 bits per heavy atom. The first kappa shape index (κ1) is 12.2. The van der Waals surface area contributed by atoms with E-state index in [1.54, 1.807) is 6.92 Å². The Morgan fingerprint density at radius 3 is 2.33 bits per heavy atom.